The Bertz CT molecular complexity index is 517. The Morgan fingerprint density at radius 2 is 1.89 bits per heavy atom. The molecule has 2 aromatic rings. The Hall–Kier alpha value is -1.13. The minimum absolute atomic E-state index is 0.0846. The van der Waals surface area contributed by atoms with Crippen LogP contribution in [0.25, 0.3) is 0 Å². The number of nitrogens with zero attached hydrogens (tertiary/aromatic N) is 1. The van der Waals surface area contributed by atoms with Gasteiger partial charge >= 0.3 is 0 Å². The molecule has 94 valence electrons. The second-order valence-corrected chi connectivity index (χ2v) is 4.79. The first-order valence-electron chi connectivity index (χ1n) is 5.50. The van der Waals surface area contributed by atoms with Crippen LogP contribution in [0.5, 0.6) is 0 Å². The molecule has 1 heterocycles. The van der Waals surface area contributed by atoms with Gasteiger partial charge in [-0.1, -0.05) is 23.2 Å². The van der Waals surface area contributed by atoms with Crippen LogP contribution in [-0.2, 0) is 6.42 Å². The normalized spacial score (nSPS) is 12.4. The van der Waals surface area contributed by atoms with Crippen LogP contribution in [-0.4, -0.2) is 4.98 Å². The number of pyridine rings is 1. The first kappa shape index (κ1) is 13.3. The second kappa shape index (κ2) is 6.16. The van der Waals surface area contributed by atoms with Crippen molar-refractivity contribution in [1.29, 1.82) is 0 Å². The Balaban J connectivity index is 2.26. The van der Waals surface area contributed by atoms with Gasteiger partial charge in [-0.15, -0.1) is 0 Å². The van der Waals surface area contributed by atoms with Crippen molar-refractivity contribution < 1.29 is 0 Å². The van der Waals surface area contributed by atoms with Crippen LogP contribution < -0.4 is 11.3 Å². The van der Waals surface area contributed by atoms with Crippen molar-refractivity contribution in [3.63, 3.8) is 0 Å². The molecule has 1 atom stereocenters. The zero-order chi connectivity index (χ0) is 13.0. The molecule has 0 saturated heterocycles. The van der Waals surface area contributed by atoms with E-state index < -0.39 is 0 Å². The van der Waals surface area contributed by atoms with Crippen molar-refractivity contribution in [2.24, 2.45) is 5.84 Å². The van der Waals surface area contributed by atoms with Crippen molar-refractivity contribution in [3.05, 3.63) is 63.9 Å². The number of halogens is 2. The van der Waals surface area contributed by atoms with Crippen molar-refractivity contribution in [2.75, 3.05) is 0 Å². The minimum atomic E-state index is -0.0846. The summed E-state index contributed by atoms with van der Waals surface area (Å²) in [6.45, 7) is 0. The van der Waals surface area contributed by atoms with Crippen LogP contribution in [0, 0.1) is 0 Å². The Labute approximate surface area is 116 Å². The van der Waals surface area contributed by atoms with E-state index in [2.05, 4.69) is 10.4 Å². The Kier molecular flexibility index (Phi) is 4.55. The molecule has 5 heteroatoms. The SMILES string of the molecule is NNC(Cc1ccncc1)c1cc(Cl)ccc1Cl. The number of aromatic nitrogens is 1. The third-order valence-electron chi connectivity index (χ3n) is 2.72. The van der Waals surface area contributed by atoms with E-state index >= 15 is 0 Å². The highest BCUT2D eigenvalue weighted by Crippen LogP contribution is 2.28. The molecule has 0 spiro atoms. The van der Waals surface area contributed by atoms with Crippen molar-refractivity contribution in [1.82, 2.24) is 10.4 Å². The third kappa shape index (κ3) is 3.21. The van der Waals surface area contributed by atoms with Gasteiger partial charge in [0.2, 0.25) is 0 Å². The molecule has 0 fully saturated rings. The maximum atomic E-state index is 6.17. The summed E-state index contributed by atoms with van der Waals surface area (Å²) in [4.78, 5) is 3.98. The molecular weight excluding hydrogens is 269 g/mol. The fourth-order valence-corrected chi connectivity index (χ4v) is 2.22. The molecule has 1 unspecified atom stereocenters. The van der Waals surface area contributed by atoms with E-state index in [1.54, 1.807) is 24.5 Å². The molecule has 0 radical (unpaired) electrons. The van der Waals surface area contributed by atoms with Gasteiger partial charge in [-0.3, -0.25) is 16.3 Å². The van der Waals surface area contributed by atoms with Gasteiger partial charge in [0.05, 0.1) is 6.04 Å². The maximum Gasteiger partial charge on any atom is 0.0515 e. The number of hydrogen-bond donors (Lipinski definition) is 2. The van der Waals surface area contributed by atoms with E-state index in [0.717, 1.165) is 17.5 Å². The van der Waals surface area contributed by atoms with E-state index in [1.165, 1.54) is 0 Å². The largest absolute Gasteiger partial charge is 0.271 e. The van der Waals surface area contributed by atoms with E-state index in [4.69, 9.17) is 29.0 Å². The summed E-state index contributed by atoms with van der Waals surface area (Å²) < 4.78 is 0. The summed E-state index contributed by atoms with van der Waals surface area (Å²) in [7, 11) is 0. The standard InChI is InChI=1S/C13H13Cl2N3/c14-10-1-2-12(15)11(8-10)13(18-16)7-9-3-5-17-6-4-9/h1-6,8,13,18H,7,16H2. The Morgan fingerprint density at radius 3 is 2.56 bits per heavy atom. The van der Waals surface area contributed by atoms with E-state index in [0.29, 0.717) is 10.0 Å². The molecule has 1 aromatic carbocycles. The highest BCUT2D eigenvalue weighted by atomic mass is 35.5. The van der Waals surface area contributed by atoms with E-state index in [-0.39, 0.29) is 6.04 Å². The van der Waals surface area contributed by atoms with E-state index in [9.17, 15) is 0 Å². The fraction of sp³-hybridized carbons (Fsp3) is 0.154. The molecule has 0 amide bonds. The fourth-order valence-electron chi connectivity index (χ4n) is 1.79. The molecule has 18 heavy (non-hydrogen) atoms. The highest BCUT2D eigenvalue weighted by Gasteiger charge is 2.14. The molecule has 0 aliphatic rings. The average molecular weight is 282 g/mol. The number of hydrazine groups is 1. The van der Waals surface area contributed by atoms with Crippen LogP contribution in [0.4, 0.5) is 0 Å². The first-order valence-corrected chi connectivity index (χ1v) is 6.26. The lowest BCUT2D eigenvalue weighted by Gasteiger charge is -2.18. The summed E-state index contributed by atoms with van der Waals surface area (Å²) in [5.41, 5.74) is 4.79. The van der Waals surface area contributed by atoms with Gasteiger partial charge in [0.25, 0.3) is 0 Å². The summed E-state index contributed by atoms with van der Waals surface area (Å²) in [5.74, 6) is 5.60. The molecule has 0 bridgehead atoms. The van der Waals surface area contributed by atoms with Gasteiger partial charge in [-0.2, -0.15) is 0 Å². The van der Waals surface area contributed by atoms with Gasteiger partial charge in [0.15, 0.2) is 0 Å². The highest BCUT2D eigenvalue weighted by molar-refractivity contribution is 6.33. The summed E-state index contributed by atoms with van der Waals surface area (Å²) in [6.07, 6.45) is 4.23. The molecule has 2 rings (SSSR count). The number of hydrogen-bond acceptors (Lipinski definition) is 3. The monoisotopic (exact) mass is 281 g/mol. The number of nitrogens with one attached hydrogen (secondary N) is 1. The van der Waals surface area contributed by atoms with Gasteiger partial charge in [0.1, 0.15) is 0 Å². The Morgan fingerprint density at radius 1 is 1.17 bits per heavy atom. The number of rotatable bonds is 4. The quantitative estimate of drug-likeness (QED) is 0.669. The summed E-state index contributed by atoms with van der Waals surface area (Å²) in [5, 5.41) is 1.29. The maximum absolute atomic E-state index is 6.17. The second-order valence-electron chi connectivity index (χ2n) is 3.94. The lowest BCUT2D eigenvalue weighted by Crippen LogP contribution is -2.29. The van der Waals surface area contributed by atoms with Crippen molar-refractivity contribution >= 4 is 23.2 Å². The molecule has 0 aliphatic carbocycles. The van der Waals surface area contributed by atoms with Gasteiger partial charge in [0, 0.05) is 22.4 Å². The lowest BCUT2D eigenvalue weighted by atomic mass is 10.00. The summed E-state index contributed by atoms with van der Waals surface area (Å²) >= 11 is 12.2. The molecule has 3 nitrogen and oxygen atoms in total. The van der Waals surface area contributed by atoms with Crippen molar-refractivity contribution in [3.8, 4) is 0 Å². The van der Waals surface area contributed by atoms with Crippen LogP contribution in [0.15, 0.2) is 42.7 Å². The summed E-state index contributed by atoms with van der Waals surface area (Å²) in [6, 6.07) is 9.17. The first-order chi connectivity index (χ1) is 8.70. The van der Waals surface area contributed by atoms with Crippen LogP contribution in [0.2, 0.25) is 10.0 Å². The molecular formula is C13H13Cl2N3. The van der Waals surface area contributed by atoms with Gasteiger partial charge < -0.3 is 0 Å². The number of benzene rings is 1. The van der Waals surface area contributed by atoms with Crippen LogP contribution >= 0.6 is 23.2 Å². The third-order valence-corrected chi connectivity index (χ3v) is 3.30. The average Bonchev–Trinajstić information content (AvgIpc) is 2.40. The zero-order valence-electron chi connectivity index (χ0n) is 9.61. The zero-order valence-corrected chi connectivity index (χ0v) is 11.1. The molecule has 0 aliphatic heterocycles. The minimum Gasteiger partial charge on any atom is -0.271 e. The molecule has 1 aromatic heterocycles. The number of nitrogens with two attached hydrogens (primary N) is 1. The van der Waals surface area contributed by atoms with E-state index in [1.807, 2.05) is 18.2 Å². The van der Waals surface area contributed by atoms with Gasteiger partial charge in [-0.25, -0.2) is 0 Å². The van der Waals surface area contributed by atoms with Crippen molar-refractivity contribution in [2.45, 2.75) is 12.5 Å². The molecule has 3 N–H and O–H groups in total. The predicted molar refractivity (Wildman–Crippen MR) is 74.5 cm³/mol. The topological polar surface area (TPSA) is 50.9 Å². The van der Waals surface area contributed by atoms with Crippen LogP contribution in [0.3, 0.4) is 0 Å². The van der Waals surface area contributed by atoms with Crippen LogP contribution in [0.1, 0.15) is 17.2 Å². The predicted octanol–water partition coefficient (Wildman–Crippen LogP) is 3.14. The molecule has 0 saturated carbocycles. The lowest BCUT2D eigenvalue weighted by molar-refractivity contribution is 0.552. The van der Waals surface area contributed by atoms with Gasteiger partial charge in [-0.05, 0) is 47.9 Å². The smallest absolute Gasteiger partial charge is 0.0515 e.